The molecule has 0 radical (unpaired) electrons. The summed E-state index contributed by atoms with van der Waals surface area (Å²) < 4.78 is 4.90. The zero-order chi connectivity index (χ0) is 15.5. The molecule has 1 N–H and O–H groups in total. The molecule has 0 bridgehead atoms. The number of allylic oxidation sites excluding steroid dienone is 1. The predicted molar refractivity (Wildman–Crippen MR) is 82.9 cm³/mol. The fraction of sp³-hybridized carbons (Fsp3) is 0.750. The molecule has 21 heavy (non-hydrogen) atoms. The molecule has 1 aliphatic carbocycles. The van der Waals surface area contributed by atoms with Crippen molar-refractivity contribution in [2.24, 2.45) is 0 Å². The van der Waals surface area contributed by atoms with Crippen LogP contribution in [-0.2, 0) is 14.3 Å². The summed E-state index contributed by atoms with van der Waals surface area (Å²) in [5.41, 5.74) is 1.46. The van der Waals surface area contributed by atoms with Gasteiger partial charge in [0.15, 0.2) is 0 Å². The van der Waals surface area contributed by atoms with E-state index >= 15 is 0 Å². The molecule has 120 valence electrons. The van der Waals surface area contributed by atoms with Crippen LogP contribution in [0.1, 0.15) is 46.0 Å². The maximum Gasteiger partial charge on any atom is 0.320 e. The number of amides is 1. The van der Waals surface area contributed by atoms with Gasteiger partial charge in [0.05, 0.1) is 19.7 Å². The summed E-state index contributed by atoms with van der Waals surface area (Å²) in [5.74, 6) is -0.308. The average Bonchev–Trinajstić information content (AvgIpc) is 2.48. The van der Waals surface area contributed by atoms with Gasteiger partial charge in [-0.1, -0.05) is 18.6 Å². The summed E-state index contributed by atoms with van der Waals surface area (Å²) in [5, 5.41) is 2.93. The zero-order valence-corrected chi connectivity index (χ0v) is 13.3. The SMILES string of the molecule is CCOC(=O)CN(CC)CC(=O)NCCC1=CCCCC1. The number of nitrogens with zero attached hydrogens (tertiary/aromatic N) is 1. The Hall–Kier alpha value is -1.36. The number of likely N-dealkylation sites (N-methyl/N-ethyl adjacent to an activating group) is 1. The van der Waals surface area contributed by atoms with Crippen LogP contribution in [0.3, 0.4) is 0 Å². The van der Waals surface area contributed by atoms with Crippen LogP contribution in [0.5, 0.6) is 0 Å². The lowest BCUT2D eigenvalue weighted by molar-refractivity contribution is -0.144. The molecule has 1 aliphatic rings. The van der Waals surface area contributed by atoms with Gasteiger partial charge in [0.25, 0.3) is 0 Å². The van der Waals surface area contributed by atoms with E-state index in [0.29, 0.717) is 19.7 Å². The van der Waals surface area contributed by atoms with E-state index in [0.717, 1.165) is 6.42 Å². The van der Waals surface area contributed by atoms with Crippen LogP contribution in [0.25, 0.3) is 0 Å². The Morgan fingerprint density at radius 3 is 2.71 bits per heavy atom. The number of hydrogen-bond donors (Lipinski definition) is 1. The molecular weight excluding hydrogens is 268 g/mol. The predicted octanol–water partition coefficient (Wildman–Crippen LogP) is 1.88. The number of ether oxygens (including phenoxy) is 1. The van der Waals surface area contributed by atoms with E-state index in [-0.39, 0.29) is 25.0 Å². The Kier molecular flexibility index (Phi) is 8.74. The van der Waals surface area contributed by atoms with Crippen molar-refractivity contribution in [1.29, 1.82) is 0 Å². The van der Waals surface area contributed by atoms with Crippen LogP contribution in [0.15, 0.2) is 11.6 Å². The first-order valence-corrected chi connectivity index (χ1v) is 7.98. The van der Waals surface area contributed by atoms with Gasteiger partial charge < -0.3 is 10.1 Å². The molecule has 0 unspecified atom stereocenters. The average molecular weight is 296 g/mol. The van der Waals surface area contributed by atoms with E-state index in [9.17, 15) is 9.59 Å². The molecule has 0 aromatic heterocycles. The smallest absolute Gasteiger partial charge is 0.320 e. The normalized spacial score (nSPS) is 14.7. The van der Waals surface area contributed by atoms with Gasteiger partial charge in [0, 0.05) is 6.54 Å². The summed E-state index contributed by atoms with van der Waals surface area (Å²) in [6.45, 7) is 5.83. The van der Waals surface area contributed by atoms with Gasteiger partial charge in [-0.2, -0.15) is 0 Å². The number of carbonyl (C=O) groups is 2. The molecular formula is C16H28N2O3. The highest BCUT2D eigenvalue weighted by Crippen LogP contribution is 2.19. The molecule has 0 atom stereocenters. The lowest BCUT2D eigenvalue weighted by Gasteiger charge is -2.19. The highest BCUT2D eigenvalue weighted by atomic mass is 16.5. The fourth-order valence-corrected chi connectivity index (χ4v) is 2.42. The van der Waals surface area contributed by atoms with E-state index in [1.807, 2.05) is 6.92 Å². The Morgan fingerprint density at radius 2 is 2.10 bits per heavy atom. The maximum absolute atomic E-state index is 11.9. The topological polar surface area (TPSA) is 58.6 Å². The van der Waals surface area contributed by atoms with Crippen molar-refractivity contribution >= 4 is 11.9 Å². The molecule has 0 spiro atoms. The first-order chi connectivity index (χ1) is 10.2. The molecule has 0 fully saturated rings. The Balaban J connectivity index is 2.21. The minimum Gasteiger partial charge on any atom is -0.465 e. The first kappa shape index (κ1) is 17.7. The number of rotatable bonds is 9. The molecule has 0 saturated carbocycles. The standard InChI is InChI=1S/C16H28N2O3/c1-3-18(13-16(20)21-4-2)12-15(19)17-11-10-14-8-6-5-7-9-14/h8H,3-7,9-13H2,1-2H3,(H,17,19). The fourth-order valence-electron chi connectivity index (χ4n) is 2.42. The minimum atomic E-state index is -0.278. The van der Waals surface area contributed by atoms with E-state index in [2.05, 4.69) is 11.4 Å². The highest BCUT2D eigenvalue weighted by molar-refractivity contribution is 5.79. The zero-order valence-electron chi connectivity index (χ0n) is 13.3. The number of nitrogens with one attached hydrogen (secondary N) is 1. The molecule has 5 nitrogen and oxygen atoms in total. The van der Waals surface area contributed by atoms with Gasteiger partial charge in [-0.25, -0.2) is 0 Å². The van der Waals surface area contributed by atoms with Gasteiger partial charge in [0.1, 0.15) is 0 Å². The number of hydrogen-bond acceptors (Lipinski definition) is 4. The largest absolute Gasteiger partial charge is 0.465 e. The minimum absolute atomic E-state index is 0.0300. The second-order valence-electron chi connectivity index (χ2n) is 5.32. The van der Waals surface area contributed by atoms with Crippen LogP contribution in [0.4, 0.5) is 0 Å². The molecule has 0 heterocycles. The first-order valence-electron chi connectivity index (χ1n) is 7.98. The van der Waals surface area contributed by atoms with Crippen LogP contribution < -0.4 is 5.32 Å². The van der Waals surface area contributed by atoms with Crippen LogP contribution >= 0.6 is 0 Å². The second-order valence-corrected chi connectivity index (χ2v) is 5.32. The van der Waals surface area contributed by atoms with E-state index in [1.54, 1.807) is 11.8 Å². The second kappa shape index (κ2) is 10.4. The van der Waals surface area contributed by atoms with Crippen molar-refractivity contribution in [2.45, 2.75) is 46.0 Å². The summed E-state index contributed by atoms with van der Waals surface area (Å²) >= 11 is 0. The third kappa shape index (κ3) is 7.85. The number of carbonyl (C=O) groups excluding carboxylic acids is 2. The van der Waals surface area contributed by atoms with Crippen molar-refractivity contribution in [1.82, 2.24) is 10.2 Å². The van der Waals surface area contributed by atoms with Gasteiger partial charge in [-0.3, -0.25) is 14.5 Å². The van der Waals surface area contributed by atoms with Crippen LogP contribution in [0, 0.1) is 0 Å². The Bertz CT molecular complexity index is 367. The van der Waals surface area contributed by atoms with Crippen molar-refractivity contribution in [2.75, 3.05) is 32.8 Å². The molecule has 0 aromatic rings. The van der Waals surface area contributed by atoms with Gasteiger partial charge >= 0.3 is 5.97 Å². The lowest BCUT2D eigenvalue weighted by Crippen LogP contribution is -2.40. The monoisotopic (exact) mass is 296 g/mol. The molecule has 5 heteroatoms. The Morgan fingerprint density at radius 1 is 1.29 bits per heavy atom. The third-order valence-electron chi connectivity index (χ3n) is 3.63. The van der Waals surface area contributed by atoms with Crippen molar-refractivity contribution in [3.05, 3.63) is 11.6 Å². The third-order valence-corrected chi connectivity index (χ3v) is 3.63. The molecule has 1 amide bonds. The highest BCUT2D eigenvalue weighted by Gasteiger charge is 2.13. The van der Waals surface area contributed by atoms with Crippen LogP contribution in [0.2, 0.25) is 0 Å². The Labute approximate surface area is 127 Å². The summed E-state index contributed by atoms with van der Waals surface area (Å²) in [6, 6.07) is 0. The maximum atomic E-state index is 11.9. The van der Waals surface area contributed by atoms with E-state index < -0.39 is 0 Å². The van der Waals surface area contributed by atoms with E-state index in [4.69, 9.17) is 4.74 Å². The summed E-state index contributed by atoms with van der Waals surface area (Å²) in [6.07, 6.45) is 8.13. The number of esters is 1. The molecule has 1 rings (SSSR count). The van der Waals surface area contributed by atoms with Crippen molar-refractivity contribution in [3.8, 4) is 0 Å². The van der Waals surface area contributed by atoms with Crippen LogP contribution in [-0.4, -0.2) is 49.6 Å². The van der Waals surface area contributed by atoms with Gasteiger partial charge in [-0.05, 0) is 45.6 Å². The summed E-state index contributed by atoms with van der Waals surface area (Å²) in [7, 11) is 0. The molecule has 0 saturated heterocycles. The van der Waals surface area contributed by atoms with Crippen molar-refractivity contribution in [3.63, 3.8) is 0 Å². The summed E-state index contributed by atoms with van der Waals surface area (Å²) in [4.78, 5) is 25.1. The quantitative estimate of drug-likeness (QED) is 0.521. The molecule has 0 aliphatic heterocycles. The van der Waals surface area contributed by atoms with Gasteiger partial charge in [-0.15, -0.1) is 0 Å². The molecule has 0 aromatic carbocycles. The van der Waals surface area contributed by atoms with Crippen molar-refractivity contribution < 1.29 is 14.3 Å². The van der Waals surface area contributed by atoms with Gasteiger partial charge in [0.2, 0.25) is 5.91 Å². The lowest BCUT2D eigenvalue weighted by atomic mass is 9.97. The van der Waals surface area contributed by atoms with E-state index in [1.165, 1.54) is 31.3 Å².